The lowest BCUT2D eigenvalue weighted by Gasteiger charge is -2.04. The number of phenols is 2. The third-order valence-electron chi connectivity index (χ3n) is 3.39. The lowest BCUT2D eigenvalue weighted by atomic mass is 10.1. The molecule has 0 bridgehead atoms. The summed E-state index contributed by atoms with van der Waals surface area (Å²) in [6, 6.07) is 14.3. The molecule has 0 atom stereocenters. The zero-order valence-electron chi connectivity index (χ0n) is 12.8. The Morgan fingerprint density at radius 3 is 1.45 bits per heavy atom. The molecule has 114 valence electrons. The molecule has 2 rings (SSSR count). The van der Waals surface area contributed by atoms with Crippen LogP contribution >= 0.6 is 0 Å². The van der Waals surface area contributed by atoms with E-state index in [4.69, 9.17) is 0 Å². The van der Waals surface area contributed by atoms with Gasteiger partial charge in [0, 0.05) is 22.6 Å². The van der Waals surface area contributed by atoms with E-state index in [1.54, 1.807) is 24.3 Å². The van der Waals surface area contributed by atoms with Crippen molar-refractivity contribution < 1.29 is 10.2 Å². The van der Waals surface area contributed by atoms with E-state index in [-0.39, 0.29) is 11.5 Å². The largest absolute Gasteiger partial charge is 0.507 e. The molecule has 22 heavy (non-hydrogen) atoms. The first kappa shape index (κ1) is 15.8. The minimum Gasteiger partial charge on any atom is -0.507 e. The number of phenolic OH excluding ortho intramolecular Hbond substituents is 2. The van der Waals surface area contributed by atoms with Crippen molar-refractivity contribution in [1.29, 1.82) is 0 Å². The van der Waals surface area contributed by atoms with Crippen LogP contribution in [0.3, 0.4) is 0 Å². The van der Waals surface area contributed by atoms with Gasteiger partial charge in [0.1, 0.15) is 11.5 Å². The van der Waals surface area contributed by atoms with Crippen molar-refractivity contribution in [2.45, 2.75) is 13.8 Å². The molecule has 2 N–H and O–H groups in total. The number of nitrogens with zero attached hydrogens (tertiary/aromatic N) is 2. The molecule has 0 aromatic heterocycles. The molecule has 0 aliphatic rings. The topological polar surface area (TPSA) is 65.2 Å². The highest BCUT2D eigenvalue weighted by Crippen LogP contribution is 2.17. The first-order chi connectivity index (χ1) is 10.6. The summed E-state index contributed by atoms with van der Waals surface area (Å²) in [4.78, 5) is 8.86. The van der Waals surface area contributed by atoms with E-state index in [1.165, 1.54) is 0 Å². The van der Waals surface area contributed by atoms with Crippen LogP contribution in [0.4, 0.5) is 0 Å². The van der Waals surface area contributed by atoms with E-state index in [1.807, 2.05) is 38.1 Å². The first-order valence-electron chi connectivity index (χ1n) is 7.18. The van der Waals surface area contributed by atoms with Gasteiger partial charge >= 0.3 is 0 Å². The maximum atomic E-state index is 9.77. The highest BCUT2D eigenvalue weighted by Gasteiger charge is 2.03. The van der Waals surface area contributed by atoms with Gasteiger partial charge in [-0.2, -0.15) is 0 Å². The predicted molar refractivity (Wildman–Crippen MR) is 90.4 cm³/mol. The van der Waals surface area contributed by atoms with Gasteiger partial charge in [0.05, 0.1) is 13.1 Å². The molecule has 0 heterocycles. The molecule has 0 aliphatic heterocycles. The molecule has 0 spiro atoms. The van der Waals surface area contributed by atoms with Gasteiger partial charge in [-0.05, 0) is 38.1 Å². The zero-order valence-corrected chi connectivity index (χ0v) is 12.8. The van der Waals surface area contributed by atoms with Crippen LogP contribution in [-0.2, 0) is 0 Å². The Kier molecular flexibility index (Phi) is 5.31. The maximum Gasteiger partial charge on any atom is 0.124 e. The number of aromatic hydroxyl groups is 2. The second-order valence-corrected chi connectivity index (χ2v) is 4.97. The standard InChI is InChI=1S/C18H20N2O2/c1-13(15-7-3-5-9-17(15)21)19-11-12-20-14(2)16-8-4-6-10-18(16)22/h3-10,21-22H,11-12H2,1-2H3/b19-13-,20-14-. The van der Waals surface area contributed by atoms with Crippen molar-refractivity contribution in [3.8, 4) is 11.5 Å². The van der Waals surface area contributed by atoms with E-state index in [9.17, 15) is 10.2 Å². The van der Waals surface area contributed by atoms with Crippen molar-refractivity contribution in [1.82, 2.24) is 0 Å². The van der Waals surface area contributed by atoms with E-state index in [2.05, 4.69) is 9.98 Å². The van der Waals surface area contributed by atoms with Crippen LogP contribution in [0.15, 0.2) is 58.5 Å². The summed E-state index contributed by atoms with van der Waals surface area (Å²) in [5, 5.41) is 19.5. The van der Waals surface area contributed by atoms with Crippen LogP contribution in [0.1, 0.15) is 25.0 Å². The van der Waals surface area contributed by atoms with Crippen molar-refractivity contribution in [3.05, 3.63) is 59.7 Å². The molecule has 4 heteroatoms. The van der Waals surface area contributed by atoms with Gasteiger partial charge in [-0.1, -0.05) is 24.3 Å². The highest BCUT2D eigenvalue weighted by atomic mass is 16.3. The Morgan fingerprint density at radius 2 is 1.09 bits per heavy atom. The second-order valence-electron chi connectivity index (χ2n) is 4.97. The zero-order chi connectivity index (χ0) is 15.9. The Hall–Kier alpha value is -2.62. The molecule has 2 aromatic rings. The van der Waals surface area contributed by atoms with Gasteiger partial charge in [0.2, 0.25) is 0 Å². The molecule has 2 aromatic carbocycles. The Morgan fingerprint density at radius 1 is 0.727 bits per heavy atom. The number of aliphatic imine (C=N–C) groups is 2. The molecule has 4 nitrogen and oxygen atoms in total. The summed E-state index contributed by atoms with van der Waals surface area (Å²) in [5.41, 5.74) is 3.05. The number of para-hydroxylation sites is 2. The van der Waals surface area contributed by atoms with E-state index >= 15 is 0 Å². The van der Waals surface area contributed by atoms with Crippen molar-refractivity contribution >= 4 is 11.4 Å². The molecule has 0 aliphatic carbocycles. The monoisotopic (exact) mass is 296 g/mol. The van der Waals surface area contributed by atoms with Crippen molar-refractivity contribution in [2.24, 2.45) is 9.98 Å². The number of hydrogen-bond acceptors (Lipinski definition) is 4. The summed E-state index contributed by atoms with van der Waals surface area (Å²) in [6.45, 7) is 4.81. The van der Waals surface area contributed by atoms with Gasteiger partial charge < -0.3 is 10.2 Å². The van der Waals surface area contributed by atoms with Gasteiger partial charge in [0.25, 0.3) is 0 Å². The Labute approximate surface area is 130 Å². The first-order valence-corrected chi connectivity index (χ1v) is 7.18. The third-order valence-corrected chi connectivity index (χ3v) is 3.39. The number of rotatable bonds is 5. The quantitative estimate of drug-likeness (QED) is 0.656. The van der Waals surface area contributed by atoms with Gasteiger partial charge in [-0.25, -0.2) is 0 Å². The van der Waals surface area contributed by atoms with Crippen LogP contribution in [0, 0.1) is 0 Å². The molecule has 0 amide bonds. The fraction of sp³-hybridized carbons (Fsp3) is 0.222. The number of hydrogen-bond donors (Lipinski definition) is 2. The highest BCUT2D eigenvalue weighted by molar-refractivity contribution is 6.01. The van der Waals surface area contributed by atoms with E-state index in [0.29, 0.717) is 13.1 Å². The summed E-state index contributed by atoms with van der Waals surface area (Å²) in [6.07, 6.45) is 0. The Bertz CT molecular complexity index is 644. The fourth-order valence-corrected chi connectivity index (χ4v) is 2.16. The normalized spacial score (nSPS) is 12.5. The second kappa shape index (κ2) is 7.41. The average Bonchev–Trinajstić information content (AvgIpc) is 2.52. The van der Waals surface area contributed by atoms with E-state index in [0.717, 1.165) is 22.6 Å². The summed E-state index contributed by atoms with van der Waals surface area (Å²) < 4.78 is 0. The summed E-state index contributed by atoms with van der Waals surface area (Å²) in [5.74, 6) is 0.468. The SMILES string of the molecule is C/C(=N/CC/N=C(/C)c1ccccc1O)c1ccccc1O. The minimum atomic E-state index is 0.234. The minimum absolute atomic E-state index is 0.234. The molecule has 0 radical (unpaired) electrons. The molecule has 0 fully saturated rings. The summed E-state index contributed by atoms with van der Waals surface area (Å²) >= 11 is 0. The molecule has 0 saturated carbocycles. The summed E-state index contributed by atoms with van der Waals surface area (Å²) in [7, 11) is 0. The van der Waals surface area contributed by atoms with Gasteiger partial charge in [0.15, 0.2) is 0 Å². The van der Waals surface area contributed by atoms with Crippen LogP contribution < -0.4 is 0 Å². The average molecular weight is 296 g/mol. The van der Waals surface area contributed by atoms with E-state index < -0.39 is 0 Å². The molecule has 0 unspecified atom stereocenters. The predicted octanol–water partition coefficient (Wildman–Crippen LogP) is 3.42. The smallest absolute Gasteiger partial charge is 0.124 e. The fourth-order valence-electron chi connectivity index (χ4n) is 2.16. The van der Waals surface area contributed by atoms with Crippen LogP contribution in [0.25, 0.3) is 0 Å². The molecular formula is C18H20N2O2. The Balaban J connectivity index is 1.99. The van der Waals surface area contributed by atoms with Crippen LogP contribution in [0.2, 0.25) is 0 Å². The maximum absolute atomic E-state index is 9.77. The third kappa shape index (κ3) is 3.95. The lowest BCUT2D eigenvalue weighted by molar-refractivity contribution is 0.473. The number of benzene rings is 2. The van der Waals surface area contributed by atoms with Crippen molar-refractivity contribution in [2.75, 3.05) is 13.1 Å². The van der Waals surface area contributed by atoms with Crippen LogP contribution in [-0.4, -0.2) is 34.7 Å². The van der Waals surface area contributed by atoms with Crippen LogP contribution in [0.5, 0.6) is 11.5 Å². The lowest BCUT2D eigenvalue weighted by Crippen LogP contribution is -2.01. The van der Waals surface area contributed by atoms with Gasteiger partial charge in [-0.15, -0.1) is 0 Å². The molecular weight excluding hydrogens is 276 g/mol. The molecule has 0 saturated heterocycles. The van der Waals surface area contributed by atoms with Crippen molar-refractivity contribution in [3.63, 3.8) is 0 Å². The van der Waals surface area contributed by atoms with Gasteiger partial charge in [-0.3, -0.25) is 9.98 Å².